The van der Waals surface area contributed by atoms with Gasteiger partial charge in [-0.3, -0.25) is 0 Å². The lowest BCUT2D eigenvalue weighted by Gasteiger charge is -2.20. The van der Waals surface area contributed by atoms with Crippen molar-refractivity contribution in [1.82, 2.24) is 14.6 Å². The van der Waals surface area contributed by atoms with Gasteiger partial charge >= 0.3 is 0 Å². The van der Waals surface area contributed by atoms with Crippen molar-refractivity contribution in [3.05, 3.63) is 23.9 Å². The minimum atomic E-state index is -3.52. The first-order valence-electron chi connectivity index (χ1n) is 6.71. The maximum Gasteiger partial charge on any atom is 0.258 e. The molecule has 7 heteroatoms. The Labute approximate surface area is 121 Å². The van der Waals surface area contributed by atoms with Crippen molar-refractivity contribution in [1.29, 1.82) is 0 Å². The summed E-state index contributed by atoms with van der Waals surface area (Å²) >= 11 is 0. The van der Waals surface area contributed by atoms with Crippen LogP contribution in [-0.2, 0) is 16.6 Å². The Morgan fingerprint density at radius 3 is 2.60 bits per heavy atom. The number of nitrogens with two attached hydrogens (primary N) is 1. The predicted molar refractivity (Wildman–Crippen MR) is 79.7 cm³/mol. The number of nitrogens with zero attached hydrogens (tertiary/aromatic N) is 2. The van der Waals surface area contributed by atoms with Gasteiger partial charge in [0, 0.05) is 25.3 Å². The smallest absolute Gasteiger partial charge is 0.258 e. The Morgan fingerprint density at radius 2 is 2.10 bits per heavy atom. The van der Waals surface area contributed by atoms with Gasteiger partial charge in [0.15, 0.2) is 5.03 Å². The zero-order valence-electron chi connectivity index (χ0n) is 12.3. The van der Waals surface area contributed by atoms with E-state index in [2.05, 4.69) is 28.5 Å². The van der Waals surface area contributed by atoms with Crippen LogP contribution in [0.3, 0.4) is 0 Å². The molecule has 0 radical (unpaired) electrons. The Morgan fingerprint density at radius 1 is 1.40 bits per heavy atom. The third-order valence-electron chi connectivity index (χ3n) is 3.17. The molecule has 1 aromatic rings. The maximum absolute atomic E-state index is 12.0. The Kier molecular flexibility index (Phi) is 6.54. The van der Waals surface area contributed by atoms with E-state index in [1.807, 2.05) is 7.05 Å². The van der Waals surface area contributed by atoms with E-state index in [1.165, 1.54) is 12.3 Å². The van der Waals surface area contributed by atoms with Gasteiger partial charge in [0.2, 0.25) is 0 Å². The molecule has 6 nitrogen and oxygen atoms in total. The quantitative estimate of drug-likeness (QED) is 0.684. The van der Waals surface area contributed by atoms with Gasteiger partial charge in [0.05, 0.1) is 0 Å². The monoisotopic (exact) mass is 300 g/mol. The highest BCUT2D eigenvalue weighted by molar-refractivity contribution is 7.89. The van der Waals surface area contributed by atoms with E-state index >= 15 is 0 Å². The van der Waals surface area contributed by atoms with Gasteiger partial charge in [-0.15, -0.1) is 0 Å². The van der Waals surface area contributed by atoms with Crippen LogP contribution in [0.5, 0.6) is 0 Å². The van der Waals surface area contributed by atoms with E-state index in [-0.39, 0.29) is 5.03 Å². The molecule has 1 rings (SSSR count). The molecule has 0 spiro atoms. The number of hydrogen-bond acceptors (Lipinski definition) is 5. The highest BCUT2D eigenvalue weighted by Crippen LogP contribution is 2.06. The molecule has 3 N–H and O–H groups in total. The molecule has 0 bridgehead atoms. The summed E-state index contributed by atoms with van der Waals surface area (Å²) in [5, 5.41) is 0.0342. The molecule has 0 saturated heterocycles. The molecule has 114 valence electrons. The summed E-state index contributed by atoms with van der Waals surface area (Å²) in [6, 6.07) is 3.61. The first-order chi connectivity index (χ1) is 9.36. The highest BCUT2D eigenvalue weighted by atomic mass is 32.2. The average Bonchev–Trinajstić information content (AvgIpc) is 2.43. The molecule has 1 heterocycles. The summed E-state index contributed by atoms with van der Waals surface area (Å²) in [5.74, 6) is 0. The molecule has 20 heavy (non-hydrogen) atoms. The number of hydrogen-bond donors (Lipinski definition) is 2. The fourth-order valence-electron chi connectivity index (χ4n) is 1.56. The van der Waals surface area contributed by atoms with Crippen molar-refractivity contribution in [2.24, 2.45) is 5.73 Å². The van der Waals surface area contributed by atoms with E-state index < -0.39 is 10.0 Å². The van der Waals surface area contributed by atoms with Crippen molar-refractivity contribution in [3.63, 3.8) is 0 Å². The van der Waals surface area contributed by atoms with Crippen LogP contribution in [-0.4, -0.2) is 44.5 Å². The lowest BCUT2D eigenvalue weighted by molar-refractivity contribution is 0.271. The first-order valence-corrected chi connectivity index (χ1v) is 8.20. The van der Waals surface area contributed by atoms with Crippen molar-refractivity contribution in [2.75, 3.05) is 20.1 Å². The molecule has 0 unspecified atom stereocenters. The average molecular weight is 300 g/mol. The van der Waals surface area contributed by atoms with Gasteiger partial charge in [0.1, 0.15) is 0 Å². The SMILES string of the molecule is CC(C)N(C)CCCNS(=O)(=O)c1ccc(CN)cn1. The standard InChI is InChI=1S/C13H24N4O2S/c1-11(2)17(3)8-4-7-16-20(18,19)13-6-5-12(9-14)10-15-13/h5-6,10-11,16H,4,7-9,14H2,1-3H3. The summed E-state index contributed by atoms with van der Waals surface area (Å²) in [5.41, 5.74) is 6.26. The lowest BCUT2D eigenvalue weighted by atomic mass is 10.3. The van der Waals surface area contributed by atoms with Gasteiger partial charge in [-0.05, 0) is 45.5 Å². The van der Waals surface area contributed by atoms with Crippen molar-refractivity contribution in [2.45, 2.75) is 37.9 Å². The molecule has 0 aliphatic rings. The van der Waals surface area contributed by atoms with Crippen LogP contribution in [0.4, 0.5) is 0 Å². The van der Waals surface area contributed by atoms with Crippen LogP contribution >= 0.6 is 0 Å². The fourth-order valence-corrected chi connectivity index (χ4v) is 2.56. The predicted octanol–water partition coefficient (Wildman–Crippen LogP) is 0.549. The van der Waals surface area contributed by atoms with Crippen LogP contribution < -0.4 is 10.5 Å². The Balaban J connectivity index is 2.49. The second-order valence-electron chi connectivity index (χ2n) is 5.03. The van der Waals surface area contributed by atoms with Gasteiger partial charge in [0.25, 0.3) is 10.0 Å². The third-order valence-corrected chi connectivity index (χ3v) is 4.55. The lowest BCUT2D eigenvalue weighted by Crippen LogP contribution is -2.31. The normalized spacial score (nSPS) is 12.3. The first kappa shape index (κ1) is 17.0. The molecule has 0 fully saturated rings. The zero-order chi connectivity index (χ0) is 15.2. The summed E-state index contributed by atoms with van der Waals surface area (Å²) in [6.07, 6.45) is 2.25. The van der Waals surface area contributed by atoms with Gasteiger partial charge in [-0.2, -0.15) is 0 Å². The van der Waals surface area contributed by atoms with Crippen LogP contribution in [0.1, 0.15) is 25.8 Å². The van der Waals surface area contributed by atoms with Crippen LogP contribution in [0.15, 0.2) is 23.4 Å². The van der Waals surface area contributed by atoms with Crippen molar-refractivity contribution in [3.8, 4) is 0 Å². The molecule has 0 amide bonds. The molecule has 0 aliphatic carbocycles. The topological polar surface area (TPSA) is 88.3 Å². The molecule has 0 atom stereocenters. The summed E-state index contributed by atoms with van der Waals surface area (Å²) in [6.45, 7) is 5.81. The molecule has 0 saturated carbocycles. The van der Waals surface area contributed by atoms with E-state index in [9.17, 15) is 8.42 Å². The molecule has 0 aliphatic heterocycles. The summed E-state index contributed by atoms with van der Waals surface area (Å²) < 4.78 is 26.5. The Bertz CT molecular complexity index is 500. The van der Waals surface area contributed by atoms with Gasteiger partial charge in [-0.1, -0.05) is 6.07 Å². The van der Waals surface area contributed by atoms with Crippen LogP contribution in [0.2, 0.25) is 0 Å². The van der Waals surface area contributed by atoms with Crippen molar-refractivity contribution >= 4 is 10.0 Å². The number of nitrogens with one attached hydrogen (secondary N) is 1. The van der Waals surface area contributed by atoms with E-state index in [0.29, 0.717) is 19.1 Å². The molecule has 1 aromatic heterocycles. The van der Waals surface area contributed by atoms with Gasteiger partial charge < -0.3 is 10.6 Å². The second-order valence-corrected chi connectivity index (χ2v) is 6.75. The minimum Gasteiger partial charge on any atom is -0.326 e. The van der Waals surface area contributed by atoms with Crippen LogP contribution in [0.25, 0.3) is 0 Å². The third kappa shape index (κ3) is 5.16. The fraction of sp³-hybridized carbons (Fsp3) is 0.615. The maximum atomic E-state index is 12.0. The second kappa shape index (κ2) is 7.68. The van der Waals surface area contributed by atoms with Crippen molar-refractivity contribution < 1.29 is 8.42 Å². The van der Waals surface area contributed by atoms with E-state index in [1.54, 1.807) is 6.07 Å². The number of sulfonamides is 1. The van der Waals surface area contributed by atoms with Gasteiger partial charge in [-0.25, -0.2) is 18.1 Å². The minimum absolute atomic E-state index is 0.0342. The Hall–Kier alpha value is -1.02. The molecule has 0 aromatic carbocycles. The van der Waals surface area contributed by atoms with E-state index in [0.717, 1.165) is 18.5 Å². The molecular weight excluding hydrogens is 276 g/mol. The van der Waals surface area contributed by atoms with Crippen LogP contribution in [0, 0.1) is 0 Å². The molecular formula is C13H24N4O2S. The number of pyridine rings is 1. The summed E-state index contributed by atoms with van der Waals surface area (Å²) in [7, 11) is -1.50. The number of aromatic nitrogens is 1. The zero-order valence-corrected chi connectivity index (χ0v) is 13.2. The van der Waals surface area contributed by atoms with E-state index in [4.69, 9.17) is 5.73 Å². The largest absolute Gasteiger partial charge is 0.326 e. The highest BCUT2D eigenvalue weighted by Gasteiger charge is 2.14. The summed E-state index contributed by atoms with van der Waals surface area (Å²) in [4.78, 5) is 6.09. The number of rotatable bonds is 8.